The van der Waals surface area contributed by atoms with E-state index in [4.69, 9.17) is 14.6 Å². The molecule has 0 fully saturated rings. The van der Waals surface area contributed by atoms with Crippen LogP contribution in [0.15, 0.2) is 12.1 Å². The van der Waals surface area contributed by atoms with Crippen molar-refractivity contribution in [2.24, 2.45) is 0 Å². The van der Waals surface area contributed by atoms with E-state index >= 15 is 0 Å². The second kappa shape index (κ2) is 5.80. The van der Waals surface area contributed by atoms with E-state index in [0.717, 1.165) is 11.3 Å². The van der Waals surface area contributed by atoms with Gasteiger partial charge in [-0.15, -0.1) is 11.3 Å². The van der Waals surface area contributed by atoms with Gasteiger partial charge >= 0.3 is 5.97 Å². The Morgan fingerprint density at radius 1 is 1.38 bits per heavy atom. The number of nitrogens with zero attached hydrogens (tertiary/aromatic N) is 1. The van der Waals surface area contributed by atoms with Gasteiger partial charge in [0, 0.05) is 11.8 Å². The van der Waals surface area contributed by atoms with Crippen LogP contribution >= 0.6 is 11.3 Å². The molecule has 0 aliphatic heterocycles. The van der Waals surface area contributed by atoms with Crippen molar-refractivity contribution in [3.63, 3.8) is 0 Å². The highest BCUT2D eigenvalue weighted by Gasteiger charge is 2.34. The first-order valence-electron chi connectivity index (χ1n) is 6.00. The Bertz CT molecular complexity index is 630. The molecule has 21 heavy (non-hydrogen) atoms. The van der Waals surface area contributed by atoms with Crippen LogP contribution in [0, 0.1) is 0 Å². The molecule has 0 aliphatic carbocycles. The molecule has 2 aromatic rings. The van der Waals surface area contributed by atoms with Crippen molar-refractivity contribution in [2.45, 2.75) is 18.8 Å². The molecule has 114 valence electrons. The van der Waals surface area contributed by atoms with Crippen molar-refractivity contribution in [2.75, 3.05) is 14.2 Å². The third-order valence-corrected chi connectivity index (χ3v) is 4.02. The topological polar surface area (TPSA) is 68.7 Å². The fourth-order valence-corrected chi connectivity index (χ4v) is 2.81. The molecule has 0 atom stereocenters. The van der Waals surface area contributed by atoms with Crippen molar-refractivity contribution in [3.8, 4) is 11.6 Å². The lowest BCUT2D eigenvalue weighted by Crippen LogP contribution is -2.13. The Morgan fingerprint density at radius 3 is 2.67 bits per heavy atom. The molecule has 2 rings (SSSR count). The van der Waals surface area contributed by atoms with Crippen LogP contribution in [0.2, 0.25) is 0 Å². The maximum absolute atomic E-state index is 14.0. The molecule has 0 saturated carbocycles. The zero-order valence-electron chi connectivity index (χ0n) is 11.4. The van der Waals surface area contributed by atoms with E-state index in [1.807, 2.05) is 0 Å². The molecule has 0 aliphatic rings. The quantitative estimate of drug-likeness (QED) is 0.885. The summed E-state index contributed by atoms with van der Waals surface area (Å²) >= 11 is 0.815. The molecule has 2 heterocycles. The van der Waals surface area contributed by atoms with Gasteiger partial charge in [-0.2, -0.15) is 4.98 Å². The summed E-state index contributed by atoms with van der Waals surface area (Å²) < 4.78 is 38.0. The van der Waals surface area contributed by atoms with E-state index in [1.54, 1.807) is 6.07 Å². The lowest BCUT2D eigenvalue weighted by atomic mass is 10.1. The molecule has 0 aromatic carbocycles. The molecular formula is C13H13F2NO4S. The average molecular weight is 317 g/mol. The summed E-state index contributed by atoms with van der Waals surface area (Å²) in [6.45, 7) is 0. The normalized spacial score (nSPS) is 11.6. The van der Waals surface area contributed by atoms with E-state index in [2.05, 4.69) is 4.98 Å². The maximum Gasteiger partial charge on any atom is 0.303 e. The Morgan fingerprint density at radius 2 is 2.10 bits per heavy atom. The van der Waals surface area contributed by atoms with Crippen molar-refractivity contribution in [1.82, 2.24) is 4.98 Å². The smallest absolute Gasteiger partial charge is 0.303 e. The first kappa shape index (κ1) is 15.4. The fourth-order valence-electron chi connectivity index (χ4n) is 1.80. The van der Waals surface area contributed by atoms with E-state index in [1.165, 1.54) is 20.3 Å². The number of carboxylic acid groups (broad SMARTS) is 1. The summed E-state index contributed by atoms with van der Waals surface area (Å²) in [6.07, 6.45) is -1.34. The van der Waals surface area contributed by atoms with Crippen LogP contribution in [0.25, 0.3) is 10.2 Å². The summed E-state index contributed by atoms with van der Waals surface area (Å²) in [6, 6.07) is 2.87. The first-order valence-corrected chi connectivity index (χ1v) is 6.81. The number of fused-ring (bicyclic) bond motifs is 1. The van der Waals surface area contributed by atoms with E-state index < -0.39 is 24.7 Å². The summed E-state index contributed by atoms with van der Waals surface area (Å²) in [5.41, 5.74) is 0. The number of carbonyl (C=O) groups is 1. The van der Waals surface area contributed by atoms with Gasteiger partial charge in [0.1, 0.15) is 4.83 Å². The Balaban J connectivity index is 2.40. The summed E-state index contributed by atoms with van der Waals surface area (Å²) in [5, 5.41) is 9.03. The number of aliphatic carboxylic acids is 1. The standard InChI is InChI=1S/C13H13F2NO4S/c1-19-8-5-7-6-9(13(14,15)4-3-10(17)18)21-12(7)16-11(8)20-2/h5-6H,3-4H2,1-2H3,(H,17,18). The SMILES string of the molecule is COc1cc2cc(C(F)(F)CCC(=O)O)sc2nc1OC. The highest BCUT2D eigenvalue weighted by Crippen LogP contribution is 2.41. The lowest BCUT2D eigenvalue weighted by molar-refractivity contribution is -0.139. The molecule has 0 spiro atoms. The number of rotatable bonds is 6. The summed E-state index contributed by atoms with van der Waals surface area (Å²) in [7, 11) is 2.84. The van der Waals surface area contributed by atoms with E-state index in [-0.39, 0.29) is 10.8 Å². The molecule has 2 aromatic heterocycles. The summed E-state index contributed by atoms with van der Waals surface area (Å²) in [5.74, 6) is -3.89. The maximum atomic E-state index is 14.0. The first-order chi connectivity index (χ1) is 9.87. The number of hydrogen-bond donors (Lipinski definition) is 1. The molecule has 0 bridgehead atoms. The fraction of sp³-hybridized carbons (Fsp3) is 0.385. The van der Waals surface area contributed by atoms with Crippen molar-refractivity contribution < 1.29 is 28.2 Å². The number of halogens is 2. The molecule has 0 amide bonds. The lowest BCUT2D eigenvalue weighted by Gasteiger charge is -2.12. The Hall–Kier alpha value is -1.96. The molecule has 0 unspecified atom stereocenters. The average Bonchev–Trinajstić information content (AvgIpc) is 2.87. The molecule has 8 heteroatoms. The molecular weight excluding hydrogens is 304 g/mol. The minimum Gasteiger partial charge on any atom is -0.491 e. The third-order valence-electron chi connectivity index (χ3n) is 2.87. The number of hydrogen-bond acceptors (Lipinski definition) is 5. The Kier molecular flexibility index (Phi) is 4.26. The van der Waals surface area contributed by atoms with Crippen molar-refractivity contribution in [3.05, 3.63) is 17.0 Å². The van der Waals surface area contributed by atoms with Gasteiger partial charge in [-0.3, -0.25) is 4.79 Å². The second-order valence-corrected chi connectivity index (χ2v) is 5.33. The largest absolute Gasteiger partial charge is 0.491 e. The number of pyridine rings is 1. The zero-order chi connectivity index (χ0) is 15.6. The van der Waals surface area contributed by atoms with Crippen LogP contribution in [0.1, 0.15) is 17.7 Å². The van der Waals surface area contributed by atoms with Gasteiger partial charge in [0.2, 0.25) is 0 Å². The molecule has 5 nitrogen and oxygen atoms in total. The van der Waals surface area contributed by atoms with Crippen LogP contribution < -0.4 is 9.47 Å². The predicted octanol–water partition coefficient (Wildman–Crippen LogP) is 3.27. The predicted molar refractivity (Wildman–Crippen MR) is 73.5 cm³/mol. The number of thiophene rings is 1. The van der Waals surface area contributed by atoms with Crippen LogP contribution in [0.3, 0.4) is 0 Å². The molecule has 0 radical (unpaired) electrons. The van der Waals surface area contributed by atoms with Crippen molar-refractivity contribution in [1.29, 1.82) is 0 Å². The van der Waals surface area contributed by atoms with Crippen molar-refractivity contribution >= 4 is 27.5 Å². The van der Waals surface area contributed by atoms with Crippen LogP contribution in [0.5, 0.6) is 11.6 Å². The minimum absolute atomic E-state index is 0.215. The highest BCUT2D eigenvalue weighted by molar-refractivity contribution is 7.18. The number of methoxy groups -OCH3 is 2. The number of alkyl halides is 2. The van der Waals surface area contributed by atoms with Gasteiger partial charge in [-0.1, -0.05) is 0 Å². The van der Waals surface area contributed by atoms with Gasteiger partial charge in [-0.25, -0.2) is 8.78 Å². The van der Waals surface area contributed by atoms with Gasteiger partial charge in [-0.05, 0) is 12.1 Å². The monoisotopic (exact) mass is 317 g/mol. The van der Waals surface area contributed by atoms with E-state index in [0.29, 0.717) is 16.0 Å². The van der Waals surface area contributed by atoms with Gasteiger partial charge in [0.15, 0.2) is 5.75 Å². The van der Waals surface area contributed by atoms with Gasteiger partial charge < -0.3 is 14.6 Å². The highest BCUT2D eigenvalue weighted by atomic mass is 32.1. The van der Waals surface area contributed by atoms with Gasteiger partial charge in [0.05, 0.1) is 25.5 Å². The summed E-state index contributed by atoms with van der Waals surface area (Å²) in [4.78, 5) is 14.7. The molecule has 1 N–H and O–H groups in total. The number of carboxylic acids is 1. The molecule has 0 saturated heterocycles. The second-order valence-electron chi connectivity index (χ2n) is 4.30. The van der Waals surface area contributed by atoms with Gasteiger partial charge in [0.25, 0.3) is 11.8 Å². The van der Waals surface area contributed by atoms with Crippen LogP contribution in [-0.2, 0) is 10.7 Å². The van der Waals surface area contributed by atoms with Crippen LogP contribution in [0.4, 0.5) is 8.78 Å². The Labute approximate surface area is 123 Å². The number of ether oxygens (including phenoxy) is 2. The zero-order valence-corrected chi connectivity index (χ0v) is 12.2. The number of aromatic nitrogens is 1. The van der Waals surface area contributed by atoms with Crippen LogP contribution in [-0.4, -0.2) is 30.3 Å². The minimum atomic E-state index is -3.20. The van der Waals surface area contributed by atoms with E-state index in [9.17, 15) is 13.6 Å². The third kappa shape index (κ3) is 3.21.